The van der Waals surface area contributed by atoms with Crippen LogP contribution in [0.3, 0.4) is 0 Å². The van der Waals surface area contributed by atoms with Gasteiger partial charge in [-0.15, -0.1) is 0 Å². The molecule has 7 nitrogen and oxygen atoms in total. The molecule has 0 aliphatic heterocycles. The van der Waals surface area contributed by atoms with Gasteiger partial charge in [0.15, 0.2) is 0 Å². The molecule has 0 radical (unpaired) electrons. The average Bonchev–Trinajstić information content (AvgIpc) is 2.76. The number of esters is 1. The second kappa shape index (κ2) is 12.3. The van der Waals surface area contributed by atoms with Crippen LogP contribution in [-0.4, -0.2) is 50.1 Å². The lowest BCUT2D eigenvalue weighted by Crippen LogP contribution is -2.21. The Hall–Kier alpha value is -3.06. The third kappa shape index (κ3) is 8.42. The highest BCUT2D eigenvalue weighted by Gasteiger charge is 2.23. The topological polar surface area (TPSA) is 91.3 Å². The molecular weight excluding hydrogens is 424 g/mol. The van der Waals surface area contributed by atoms with E-state index in [-0.39, 0.29) is 36.4 Å². The first-order chi connectivity index (χ1) is 15.6. The molecule has 0 aliphatic rings. The highest BCUT2D eigenvalue weighted by atomic mass is 16.6. The summed E-state index contributed by atoms with van der Waals surface area (Å²) in [6.07, 6.45) is -0.310. The summed E-state index contributed by atoms with van der Waals surface area (Å²) in [4.78, 5) is 22.0. The lowest BCUT2D eigenvalue weighted by Gasteiger charge is -2.26. The largest absolute Gasteiger partial charge is 0.493 e. The van der Waals surface area contributed by atoms with Crippen LogP contribution in [0.5, 0.6) is 11.5 Å². The normalized spacial score (nSPS) is 13.1. The van der Waals surface area contributed by atoms with Crippen LogP contribution in [0.2, 0.25) is 0 Å². The summed E-state index contributed by atoms with van der Waals surface area (Å²) in [5, 5.41) is 9.01. The molecule has 0 saturated carbocycles. The molecule has 33 heavy (non-hydrogen) atoms. The summed E-state index contributed by atoms with van der Waals surface area (Å²) < 4.78 is 21.7. The Morgan fingerprint density at radius 1 is 0.879 bits per heavy atom. The maximum Gasteiger partial charge on any atom is 0.303 e. The molecule has 0 fully saturated rings. The van der Waals surface area contributed by atoms with E-state index in [4.69, 9.17) is 24.1 Å². The molecule has 0 saturated heterocycles. The van der Waals surface area contributed by atoms with E-state index in [9.17, 15) is 9.59 Å². The fourth-order valence-electron chi connectivity index (χ4n) is 3.50. The Kier molecular flexibility index (Phi) is 9.73. The molecule has 7 heteroatoms. The van der Waals surface area contributed by atoms with Crippen molar-refractivity contribution in [3.8, 4) is 11.5 Å². The van der Waals surface area contributed by atoms with Crippen LogP contribution in [0.1, 0.15) is 45.2 Å². The Labute approximate surface area is 195 Å². The van der Waals surface area contributed by atoms with E-state index >= 15 is 0 Å². The minimum atomic E-state index is -0.868. The Morgan fingerprint density at radius 3 is 1.79 bits per heavy atom. The fraction of sp³-hybridized carbons (Fsp3) is 0.462. The highest BCUT2D eigenvalue weighted by molar-refractivity contribution is 5.67. The second-order valence-corrected chi connectivity index (χ2v) is 8.64. The highest BCUT2D eigenvalue weighted by Crippen LogP contribution is 2.33. The molecule has 0 amide bonds. The molecule has 2 atom stereocenters. The number of aliphatic carboxylic acids is 1. The summed E-state index contributed by atoms with van der Waals surface area (Å²) in [6, 6.07) is 15.7. The number of carbonyl (C=O) groups excluding carboxylic acids is 1. The number of carboxylic acids is 1. The van der Waals surface area contributed by atoms with Crippen molar-refractivity contribution in [1.29, 1.82) is 0 Å². The van der Waals surface area contributed by atoms with Gasteiger partial charge in [0.25, 0.3) is 0 Å². The van der Waals surface area contributed by atoms with Gasteiger partial charge in [-0.05, 0) is 42.3 Å². The van der Waals surface area contributed by atoms with Gasteiger partial charge >= 0.3 is 11.9 Å². The SMILES string of the molecule is COC[C@@H](COc1ccc(C(C)(C)c2ccc(OC[C@H](C)OC(C)=O)cc2)cc1)CC(=O)O. The number of ether oxygens (including phenoxy) is 4. The van der Waals surface area contributed by atoms with E-state index in [1.165, 1.54) is 6.92 Å². The summed E-state index contributed by atoms with van der Waals surface area (Å²) >= 11 is 0. The van der Waals surface area contributed by atoms with Crippen molar-refractivity contribution < 1.29 is 33.6 Å². The van der Waals surface area contributed by atoms with Crippen molar-refractivity contribution in [1.82, 2.24) is 0 Å². The molecule has 2 rings (SSSR count). The third-order valence-electron chi connectivity index (χ3n) is 5.36. The van der Waals surface area contributed by atoms with Crippen molar-refractivity contribution in [2.45, 2.75) is 45.6 Å². The molecular formula is C26H34O7. The number of carbonyl (C=O) groups is 2. The van der Waals surface area contributed by atoms with Crippen molar-refractivity contribution in [2.75, 3.05) is 26.9 Å². The monoisotopic (exact) mass is 458 g/mol. The van der Waals surface area contributed by atoms with Gasteiger partial charge in [-0.25, -0.2) is 0 Å². The van der Waals surface area contributed by atoms with Gasteiger partial charge in [0.2, 0.25) is 0 Å². The van der Waals surface area contributed by atoms with Crippen molar-refractivity contribution in [3.63, 3.8) is 0 Å². The first-order valence-corrected chi connectivity index (χ1v) is 11.0. The van der Waals surface area contributed by atoms with Gasteiger partial charge < -0.3 is 24.1 Å². The predicted octanol–water partition coefficient (Wildman–Crippen LogP) is 4.46. The standard InChI is InChI=1S/C26H34O7/c1-18(33-19(2)27)15-31-23-10-6-21(7-11-23)26(3,4)22-8-12-24(13-9-22)32-17-20(16-30-5)14-25(28)29/h6-13,18,20H,14-17H2,1-5H3,(H,28,29)/t18-,20-/m0/s1. The van der Waals surface area contributed by atoms with E-state index in [0.717, 1.165) is 11.1 Å². The maximum atomic E-state index is 11.0. The maximum absolute atomic E-state index is 11.0. The number of hydrogen-bond donors (Lipinski definition) is 1. The van der Waals surface area contributed by atoms with Crippen molar-refractivity contribution in [2.24, 2.45) is 5.92 Å². The van der Waals surface area contributed by atoms with E-state index < -0.39 is 5.97 Å². The lowest BCUT2D eigenvalue weighted by molar-refractivity contribution is -0.146. The van der Waals surface area contributed by atoms with Crippen molar-refractivity contribution in [3.05, 3.63) is 59.7 Å². The summed E-state index contributed by atoms with van der Waals surface area (Å²) in [6.45, 7) is 8.35. The van der Waals surface area contributed by atoms with Crippen LogP contribution in [0.4, 0.5) is 0 Å². The average molecular weight is 459 g/mol. The molecule has 1 N–H and O–H groups in total. The van der Waals surface area contributed by atoms with Crippen LogP contribution in [0, 0.1) is 5.92 Å². The summed E-state index contributed by atoms with van der Waals surface area (Å²) in [5.74, 6) is 0.0000626. The number of benzene rings is 2. The lowest BCUT2D eigenvalue weighted by atomic mass is 9.78. The number of rotatable bonds is 13. The summed E-state index contributed by atoms with van der Waals surface area (Å²) in [7, 11) is 1.55. The first kappa shape index (κ1) is 26.2. The van der Waals surface area contributed by atoms with Crippen LogP contribution in [0.15, 0.2) is 48.5 Å². The smallest absolute Gasteiger partial charge is 0.303 e. The Bertz CT molecular complexity index is 888. The van der Waals surface area contributed by atoms with Crippen LogP contribution in [0.25, 0.3) is 0 Å². The first-order valence-electron chi connectivity index (χ1n) is 11.0. The van der Waals surface area contributed by atoms with Crippen molar-refractivity contribution >= 4 is 11.9 Å². The molecule has 0 aromatic heterocycles. The minimum Gasteiger partial charge on any atom is -0.493 e. The molecule has 0 bridgehead atoms. The molecule has 0 heterocycles. The van der Waals surface area contributed by atoms with Gasteiger partial charge in [0.05, 0.1) is 19.6 Å². The molecule has 2 aromatic rings. The number of methoxy groups -OCH3 is 1. The molecule has 0 spiro atoms. The quantitative estimate of drug-likeness (QED) is 0.443. The number of carboxylic acid groups (broad SMARTS) is 1. The minimum absolute atomic E-state index is 0.00132. The van der Waals surface area contributed by atoms with E-state index in [1.54, 1.807) is 14.0 Å². The van der Waals surface area contributed by atoms with Gasteiger partial charge in [-0.1, -0.05) is 38.1 Å². The van der Waals surface area contributed by atoms with Gasteiger partial charge in [-0.3, -0.25) is 9.59 Å². The zero-order valence-corrected chi connectivity index (χ0v) is 20.0. The van der Waals surface area contributed by atoms with E-state index in [2.05, 4.69) is 13.8 Å². The van der Waals surface area contributed by atoms with Gasteiger partial charge in [0, 0.05) is 25.4 Å². The number of hydrogen-bond acceptors (Lipinski definition) is 6. The second-order valence-electron chi connectivity index (χ2n) is 8.64. The molecule has 2 aromatic carbocycles. The molecule has 180 valence electrons. The fourth-order valence-corrected chi connectivity index (χ4v) is 3.50. The van der Waals surface area contributed by atoms with E-state index in [0.29, 0.717) is 24.7 Å². The van der Waals surface area contributed by atoms with Crippen LogP contribution >= 0.6 is 0 Å². The van der Waals surface area contributed by atoms with E-state index in [1.807, 2.05) is 48.5 Å². The van der Waals surface area contributed by atoms with Crippen LogP contribution < -0.4 is 9.47 Å². The zero-order valence-electron chi connectivity index (χ0n) is 20.0. The third-order valence-corrected chi connectivity index (χ3v) is 5.36. The van der Waals surface area contributed by atoms with Gasteiger partial charge in [-0.2, -0.15) is 0 Å². The summed E-state index contributed by atoms with van der Waals surface area (Å²) in [5.41, 5.74) is 1.99. The zero-order chi connectivity index (χ0) is 24.4. The molecule has 0 unspecified atom stereocenters. The predicted molar refractivity (Wildman–Crippen MR) is 125 cm³/mol. The molecule has 0 aliphatic carbocycles. The Balaban J connectivity index is 1.98. The Morgan fingerprint density at radius 2 is 1.36 bits per heavy atom. The van der Waals surface area contributed by atoms with Gasteiger partial charge in [0.1, 0.15) is 24.2 Å². The van der Waals surface area contributed by atoms with Crippen LogP contribution in [-0.2, 0) is 24.5 Å².